The molecular formula is C26H24ClN7O. The number of nitrogens with zero attached hydrogens (tertiary/aromatic N) is 2. The quantitative estimate of drug-likeness (QED) is 0.264. The summed E-state index contributed by atoms with van der Waals surface area (Å²) in [5.74, 6) is 5.74. The lowest BCUT2D eigenvalue weighted by Gasteiger charge is -2.07. The number of benzene rings is 2. The van der Waals surface area contributed by atoms with E-state index in [1.54, 1.807) is 24.4 Å². The zero-order chi connectivity index (χ0) is 24.9. The normalized spacial score (nSPS) is 10.5. The molecule has 9 heteroatoms. The molecule has 8 N–H and O–H groups in total. The number of aromatic nitrogens is 3. The monoisotopic (exact) mass is 485 g/mol. The highest BCUT2D eigenvalue weighted by Gasteiger charge is 2.19. The van der Waals surface area contributed by atoms with Crippen LogP contribution < -0.4 is 22.5 Å². The molecule has 0 aliphatic carbocycles. The molecule has 0 unspecified atom stereocenters. The van der Waals surface area contributed by atoms with Crippen molar-refractivity contribution < 1.29 is 4.79 Å². The van der Waals surface area contributed by atoms with E-state index in [4.69, 9.17) is 28.8 Å². The van der Waals surface area contributed by atoms with Crippen LogP contribution in [0.15, 0.2) is 54.7 Å². The summed E-state index contributed by atoms with van der Waals surface area (Å²) in [7, 11) is 0. The number of hydrogen-bond donors (Lipinski definition) is 5. The number of primary amides is 1. The Balaban J connectivity index is 1.79. The zero-order valence-electron chi connectivity index (χ0n) is 19.0. The largest absolute Gasteiger partial charge is 0.384 e. The Kier molecular flexibility index (Phi) is 7.01. The Morgan fingerprint density at radius 3 is 2.77 bits per heavy atom. The maximum Gasteiger partial charge on any atom is 0.250 e. The number of halogens is 1. The summed E-state index contributed by atoms with van der Waals surface area (Å²) < 4.78 is 0. The Bertz CT molecular complexity index is 1470. The first-order chi connectivity index (χ1) is 16.9. The first-order valence-electron chi connectivity index (χ1n) is 10.8. The molecule has 0 spiro atoms. The molecule has 0 radical (unpaired) electrons. The van der Waals surface area contributed by atoms with Gasteiger partial charge in [0.25, 0.3) is 5.91 Å². The molecule has 0 atom stereocenters. The van der Waals surface area contributed by atoms with Crippen LogP contribution in [0, 0.1) is 18.8 Å². The molecule has 4 rings (SSSR count). The number of carbonyl (C=O) groups excluding carboxylic acids is 1. The molecular weight excluding hydrogens is 462 g/mol. The van der Waals surface area contributed by atoms with Crippen LogP contribution in [0.4, 0.5) is 11.6 Å². The Morgan fingerprint density at radius 2 is 2.00 bits per heavy atom. The van der Waals surface area contributed by atoms with Crippen molar-refractivity contribution in [1.29, 1.82) is 0 Å². The van der Waals surface area contributed by atoms with Crippen molar-refractivity contribution in [3.8, 4) is 34.5 Å². The molecule has 35 heavy (non-hydrogen) atoms. The number of rotatable bonds is 6. The fourth-order valence-electron chi connectivity index (χ4n) is 3.61. The van der Waals surface area contributed by atoms with Gasteiger partial charge in [-0.05, 0) is 48.9 Å². The predicted octanol–water partition coefficient (Wildman–Crippen LogP) is 3.55. The third-order valence-corrected chi connectivity index (χ3v) is 5.53. The molecule has 8 nitrogen and oxygen atoms in total. The van der Waals surface area contributed by atoms with Crippen LogP contribution >= 0.6 is 11.6 Å². The number of nitrogen functional groups attached to an aromatic ring is 1. The van der Waals surface area contributed by atoms with Crippen molar-refractivity contribution in [2.24, 2.45) is 11.5 Å². The lowest BCUT2D eigenvalue weighted by Crippen LogP contribution is -2.12. The summed E-state index contributed by atoms with van der Waals surface area (Å²) in [5, 5.41) is 3.77. The number of nitrogens with two attached hydrogens (primary N) is 3. The van der Waals surface area contributed by atoms with Crippen molar-refractivity contribution in [2.45, 2.75) is 6.92 Å². The number of anilines is 2. The van der Waals surface area contributed by atoms with Gasteiger partial charge in [0.05, 0.1) is 22.5 Å². The smallest absolute Gasteiger partial charge is 0.250 e. The standard InChI is InChI=1S/C26H24ClN7O/c1-15-5-8-18(27)12-20(15)24-21(25(29)35)13-22(33-24)23-17(14-32-26(30)34-23)7-6-16-3-2-4-19(11-16)31-10-9-28/h2-5,8,11-14,31,33H,9-10,28H2,1H3,(H2,29,35)(H2,30,32,34). The molecule has 0 fully saturated rings. The van der Waals surface area contributed by atoms with Crippen LogP contribution in [0.1, 0.15) is 27.0 Å². The van der Waals surface area contributed by atoms with Gasteiger partial charge in [-0.2, -0.15) is 0 Å². The number of aromatic amines is 1. The number of carbonyl (C=O) groups is 1. The molecule has 2 aromatic carbocycles. The second kappa shape index (κ2) is 10.3. The summed E-state index contributed by atoms with van der Waals surface area (Å²) in [4.78, 5) is 24.0. The average Bonchev–Trinajstić information content (AvgIpc) is 3.29. The van der Waals surface area contributed by atoms with E-state index in [9.17, 15) is 4.79 Å². The summed E-state index contributed by atoms with van der Waals surface area (Å²) in [6, 6.07) is 14.8. The third kappa shape index (κ3) is 5.44. The molecule has 0 saturated carbocycles. The molecule has 0 saturated heterocycles. The number of hydrogen-bond acceptors (Lipinski definition) is 6. The first-order valence-corrected chi connectivity index (χ1v) is 11.2. The Morgan fingerprint density at radius 1 is 1.17 bits per heavy atom. The number of H-pyrrole nitrogens is 1. The van der Waals surface area contributed by atoms with Crippen LogP contribution in [0.2, 0.25) is 5.02 Å². The fourth-order valence-corrected chi connectivity index (χ4v) is 3.78. The van der Waals surface area contributed by atoms with Gasteiger partial charge in [0.15, 0.2) is 0 Å². The highest BCUT2D eigenvalue weighted by atomic mass is 35.5. The molecule has 1 amide bonds. The lowest BCUT2D eigenvalue weighted by molar-refractivity contribution is 0.100. The van der Waals surface area contributed by atoms with Crippen LogP contribution in [-0.4, -0.2) is 33.9 Å². The van der Waals surface area contributed by atoms with Crippen molar-refractivity contribution in [3.63, 3.8) is 0 Å². The molecule has 2 heterocycles. The van der Waals surface area contributed by atoms with E-state index in [0.717, 1.165) is 22.4 Å². The zero-order valence-corrected chi connectivity index (χ0v) is 19.8. The third-order valence-electron chi connectivity index (χ3n) is 5.29. The van der Waals surface area contributed by atoms with E-state index < -0.39 is 5.91 Å². The fraction of sp³-hybridized carbons (Fsp3) is 0.115. The first kappa shape index (κ1) is 23.8. The van der Waals surface area contributed by atoms with Crippen molar-refractivity contribution in [2.75, 3.05) is 24.1 Å². The maximum absolute atomic E-state index is 12.3. The van der Waals surface area contributed by atoms with Gasteiger partial charge in [-0.1, -0.05) is 35.6 Å². The number of amides is 1. The van der Waals surface area contributed by atoms with E-state index in [2.05, 4.69) is 32.1 Å². The summed E-state index contributed by atoms with van der Waals surface area (Å²) >= 11 is 6.21. The second-order valence-corrected chi connectivity index (χ2v) is 8.27. The van der Waals surface area contributed by atoms with Crippen LogP contribution in [0.5, 0.6) is 0 Å². The van der Waals surface area contributed by atoms with Gasteiger partial charge in [0, 0.05) is 41.1 Å². The molecule has 0 aliphatic heterocycles. The van der Waals surface area contributed by atoms with E-state index >= 15 is 0 Å². The van der Waals surface area contributed by atoms with Crippen molar-refractivity contribution >= 4 is 29.1 Å². The summed E-state index contributed by atoms with van der Waals surface area (Å²) in [5.41, 5.74) is 22.9. The molecule has 176 valence electrons. The second-order valence-electron chi connectivity index (χ2n) is 7.83. The average molecular weight is 486 g/mol. The van der Waals surface area contributed by atoms with Crippen molar-refractivity contribution in [3.05, 3.63) is 82.0 Å². The molecule has 4 aromatic rings. The van der Waals surface area contributed by atoms with Crippen LogP contribution in [0.25, 0.3) is 22.6 Å². The van der Waals surface area contributed by atoms with Gasteiger partial charge in [-0.15, -0.1) is 0 Å². The van der Waals surface area contributed by atoms with Gasteiger partial charge in [-0.25, -0.2) is 9.97 Å². The van der Waals surface area contributed by atoms with Gasteiger partial charge in [0.1, 0.15) is 5.69 Å². The molecule has 0 bridgehead atoms. The van der Waals surface area contributed by atoms with Gasteiger partial charge < -0.3 is 27.5 Å². The van der Waals surface area contributed by atoms with E-state index in [-0.39, 0.29) is 5.95 Å². The predicted molar refractivity (Wildman–Crippen MR) is 140 cm³/mol. The minimum atomic E-state index is -0.585. The van der Waals surface area contributed by atoms with Gasteiger partial charge in [0.2, 0.25) is 5.95 Å². The highest BCUT2D eigenvalue weighted by molar-refractivity contribution is 6.31. The van der Waals surface area contributed by atoms with E-state index in [1.165, 1.54) is 0 Å². The Labute approximate surface area is 207 Å². The lowest BCUT2D eigenvalue weighted by atomic mass is 10.0. The highest BCUT2D eigenvalue weighted by Crippen LogP contribution is 2.33. The topological polar surface area (TPSA) is 149 Å². The number of nitrogens with one attached hydrogen (secondary N) is 2. The minimum absolute atomic E-state index is 0.0780. The van der Waals surface area contributed by atoms with Gasteiger partial charge >= 0.3 is 0 Å². The van der Waals surface area contributed by atoms with Crippen molar-refractivity contribution in [1.82, 2.24) is 15.0 Å². The minimum Gasteiger partial charge on any atom is -0.384 e. The molecule has 2 aromatic heterocycles. The van der Waals surface area contributed by atoms with E-state index in [1.807, 2.05) is 37.3 Å². The maximum atomic E-state index is 12.3. The number of aryl methyl sites for hydroxylation is 1. The summed E-state index contributed by atoms with van der Waals surface area (Å²) in [6.45, 7) is 3.12. The molecule has 0 aliphatic rings. The van der Waals surface area contributed by atoms with E-state index in [0.29, 0.717) is 46.3 Å². The summed E-state index contributed by atoms with van der Waals surface area (Å²) in [6.07, 6.45) is 1.55. The van der Waals surface area contributed by atoms with Crippen LogP contribution in [-0.2, 0) is 0 Å². The SMILES string of the molecule is Cc1ccc(Cl)cc1-c1[nH]c(-c2nc(N)ncc2C#Cc2cccc(NCCN)c2)cc1C(N)=O. The van der Waals surface area contributed by atoms with Crippen LogP contribution in [0.3, 0.4) is 0 Å². The van der Waals surface area contributed by atoms with Gasteiger partial charge in [-0.3, -0.25) is 4.79 Å². The Hall–Kier alpha value is -4.32.